The Morgan fingerprint density at radius 2 is 2.32 bits per heavy atom. The second-order valence-electron chi connectivity index (χ2n) is 4.98. The molecule has 2 heterocycles. The van der Waals surface area contributed by atoms with E-state index in [0.717, 1.165) is 30.6 Å². The van der Waals surface area contributed by atoms with Crippen LogP contribution in [-0.4, -0.2) is 31.7 Å². The molecule has 0 bridgehead atoms. The van der Waals surface area contributed by atoms with Gasteiger partial charge in [-0.15, -0.1) is 0 Å². The highest BCUT2D eigenvalue weighted by Crippen LogP contribution is 2.27. The van der Waals surface area contributed by atoms with Crippen LogP contribution in [0, 0.1) is 5.92 Å². The molecule has 1 aliphatic carbocycles. The summed E-state index contributed by atoms with van der Waals surface area (Å²) < 4.78 is 1.76. The maximum atomic E-state index is 11.1. The van der Waals surface area contributed by atoms with Gasteiger partial charge in [0.15, 0.2) is 5.82 Å². The molecule has 6 nitrogen and oxygen atoms in total. The Morgan fingerprint density at radius 1 is 1.42 bits per heavy atom. The highest BCUT2D eigenvalue weighted by atomic mass is 16.4. The average Bonchev–Trinajstić information content (AvgIpc) is 2.88. The van der Waals surface area contributed by atoms with Crippen molar-refractivity contribution in [1.82, 2.24) is 14.6 Å². The molecule has 0 saturated heterocycles. The molecule has 1 aliphatic rings. The zero-order chi connectivity index (χ0) is 13.2. The number of carboxylic acid groups (broad SMARTS) is 1. The Bertz CT molecular complexity index is 595. The highest BCUT2D eigenvalue weighted by Gasteiger charge is 2.27. The number of rotatable bonds is 3. The Kier molecular flexibility index (Phi) is 3.06. The minimum atomic E-state index is -0.693. The standard InChI is InChI=1S/C13H16N4O2/c18-13(19)9-2-1-3-10(8-9)16-12-11-4-5-15-17(11)7-6-14-12/h4-7,9-10H,1-3,8H2,(H,14,16)(H,18,19). The first-order valence-corrected chi connectivity index (χ1v) is 6.52. The first-order chi connectivity index (χ1) is 9.24. The highest BCUT2D eigenvalue weighted by molar-refractivity contribution is 5.71. The Morgan fingerprint density at radius 3 is 3.16 bits per heavy atom. The largest absolute Gasteiger partial charge is 0.481 e. The zero-order valence-electron chi connectivity index (χ0n) is 10.5. The molecule has 1 saturated carbocycles. The molecule has 2 unspecified atom stereocenters. The molecule has 19 heavy (non-hydrogen) atoms. The fourth-order valence-electron chi connectivity index (χ4n) is 2.71. The summed E-state index contributed by atoms with van der Waals surface area (Å²) in [5.41, 5.74) is 0.917. The van der Waals surface area contributed by atoms with Gasteiger partial charge in [-0.1, -0.05) is 6.42 Å². The summed E-state index contributed by atoms with van der Waals surface area (Å²) in [5, 5.41) is 16.6. The molecule has 1 fully saturated rings. The summed E-state index contributed by atoms with van der Waals surface area (Å²) in [6.07, 6.45) is 8.58. The number of nitrogens with zero attached hydrogens (tertiary/aromatic N) is 3. The summed E-state index contributed by atoms with van der Waals surface area (Å²) in [7, 11) is 0. The fraction of sp³-hybridized carbons (Fsp3) is 0.462. The molecule has 100 valence electrons. The third kappa shape index (κ3) is 2.38. The number of aliphatic carboxylic acids is 1. The average molecular weight is 260 g/mol. The van der Waals surface area contributed by atoms with Crippen LogP contribution >= 0.6 is 0 Å². The van der Waals surface area contributed by atoms with Crippen LogP contribution in [0.1, 0.15) is 25.7 Å². The van der Waals surface area contributed by atoms with Crippen molar-refractivity contribution in [1.29, 1.82) is 0 Å². The molecule has 0 spiro atoms. The van der Waals surface area contributed by atoms with E-state index in [0.29, 0.717) is 6.42 Å². The SMILES string of the molecule is O=C(O)C1CCCC(Nc2nccn3nccc23)C1. The molecule has 0 amide bonds. The first kappa shape index (κ1) is 12.0. The minimum Gasteiger partial charge on any atom is -0.481 e. The molecular weight excluding hydrogens is 244 g/mol. The van der Waals surface area contributed by atoms with Gasteiger partial charge in [0.05, 0.1) is 12.1 Å². The van der Waals surface area contributed by atoms with E-state index in [4.69, 9.17) is 5.11 Å². The summed E-state index contributed by atoms with van der Waals surface area (Å²) >= 11 is 0. The maximum Gasteiger partial charge on any atom is 0.306 e. The molecule has 2 atom stereocenters. The normalized spacial score (nSPS) is 23.4. The molecule has 2 aromatic rings. The second kappa shape index (κ2) is 4.87. The van der Waals surface area contributed by atoms with Gasteiger partial charge in [0.25, 0.3) is 0 Å². The summed E-state index contributed by atoms with van der Waals surface area (Å²) in [4.78, 5) is 15.4. The summed E-state index contributed by atoms with van der Waals surface area (Å²) in [6.45, 7) is 0. The van der Waals surface area contributed by atoms with E-state index < -0.39 is 5.97 Å². The van der Waals surface area contributed by atoms with E-state index in [9.17, 15) is 4.79 Å². The van der Waals surface area contributed by atoms with Gasteiger partial charge in [-0.25, -0.2) is 9.50 Å². The smallest absolute Gasteiger partial charge is 0.306 e. The van der Waals surface area contributed by atoms with E-state index >= 15 is 0 Å². The molecule has 6 heteroatoms. The van der Waals surface area contributed by atoms with Crippen LogP contribution in [0.5, 0.6) is 0 Å². The molecule has 3 rings (SSSR count). The second-order valence-corrected chi connectivity index (χ2v) is 4.98. The topological polar surface area (TPSA) is 79.5 Å². The van der Waals surface area contributed by atoms with Crippen molar-refractivity contribution in [3.63, 3.8) is 0 Å². The zero-order valence-corrected chi connectivity index (χ0v) is 10.5. The summed E-state index contributed by atoms with van der Waals surface area (Å²) in [6, 6.07) is 2.07. The molecule has 2 aromatic heterocycles. The molecule has 2 N–H and O–H groups in total. The number of carbonyl (C=O) groups is 1. The van der Waals surface area contributed by atoms with E-state index in [1.165, 1.54) is 0 Å². The lowest BCUT2D eigenvalue weighted by atomic mass is 9.86. The number of nitrogens with one attached hydrogen (secondary N) is 1. The quantitative estimate of drug-likeness (QED) is 0.879. The van der Waals surface area contributed by atoms with Crippen LogP contribution in [0.25, 0.3) is 5.52 Å². The van der Waals surface area contributed by atoms with Crippen molar-refractivity contribution in [3.05, 3.63) is 24.7 Å². The summed E-state index contributed by atoms with van der Waals surface area (Å²) in [5.74, 6) is -0.158. The van der Waals surface area contributed by atoms with E-state index in [2.05, 4.69) is 15.4 Å². The maximum absolute atomic E-state index is 11.1. The van der Waals surface area contributed by atoms with Crippen molar-refractivity contribution in [2.75, 3.05) is 5.32 Å². The predicted octanol–water partition coefficient (Wildman–Crippen LogP) is 1.78. The van der Waals surface area contributed by atoms with E-state index in [-0.39, 0.29) is 12.0 Å². The number of aromatic nitrogens is 3. The minimum absolute atomic E-state index is 0.170. The van der Waals surface area contributed by atoms with Gasteiger partial charge in [-0.3, -0.25) is 4.79 Å². The van der Waals surface area contributed by atoms with Crippen LogP contribution in [0.3, 0.4) is 0 Å². The lowest BCUT2D eigenvalue weighted by Gasteiger charge is -2.27. The van der Waals surface area contributed by atoms with Crippen molar-refractivity contribution in [2.24, 2.45) is 5.92 Å². The molecule has 0 aromatic carbocycles. The van der Waals surface area contributed by atoms with Gasteiger partial charge < -0.3 is 10.4 Å². The van der Waals surface area contributed by atoms with E-state index in [1.54, 1.807) is 23.1 Å². The first-order valence-electron chi connectivity index (χ1n) is 6.52. The predicted molar refractivity (Wildman–Crippen MR) is 70.0 cm³/mol. The Labute approximate surface area is 110 Å². The fourth-order valence-corrected chi connectivity index (χ4v) is 2.71. The van der Waals surface area contributed by atoms with Gasteiger partial charge in [0, 0.05) is 18.4 Å². The number of anilines is 1. The van der Waals surface area contributed by atoms with Crippen molar-refractivity contribution >= 4 is 17.3 Å². The molecule has 0 aliphatic heterocycles. The lowest BCUT2D eigenvalue weighted by Crippen LogP contribution is -2.31. The molecule has 0 radical (unpaired) electrons. The van der Waals surface area contributed by atoms with Gasteiger partial charge >= 0.3 is 5.97 Å². The van der Waals surface area contributed by atoms with Gasteiger partial charge in [-0.2, -0.15) is 5.10 Å². The van der Waals surface area contributed by atoms with E-state index in [1.807, 2.05) is 6.07 Å². The van der Waals surface area contributed by atoms with Crippen LogP contribution in [0.2, 0.25) is 0 Å². The number of hydrogen-bond donors (Lipinski definition) is 2. The Hall–Kier alpha value is -2.11. The molecular formula is C13H16N4O2. The van der Waals surface area contributed by atoms with Gasteiger partial charge in [0.2, 0.25) is 0 Å². The number of carboxylic acids is 1. The number of hydrogen-bond acceptors (Lipinski definition) is 4. The van der Waals surface area contributed by atoms with Crippen LogP contribution < -0.4 is 5.32 Å². The van der Waals surface area contributed by atoms with Crippen LogP contribution in [0.4, 0.5) is 5.82 Å². The lowest BCUT2D eigenvalue weighted by molar-refractivity contribution is -0.142. The van der Waals surface area contributed by atoms with Crippen molar-refractivity contribution < 1.29 is 9.90 Å². The number of fused-ring (bicyclic) bond motifs is 1. The van der Waals surface area contributed by atoms with Crippen LogP contribution in [0.15, 0.2) is 24.7 Å². The van der Waals surface area contributed by atoms with Crippen molar-refractivity contribution in [2.45, 2.75) is 31.7 Å². The third-order valence-electron chi connectivity index (χ3n) is 3.69. The van der Waals surface area contributed by atoms with Gasteiger partial charge in [-0.05, 0) is 25.3 Å². The van der Waals surface area contributed by atoms with Crippen molar-refractivity contribution in [3.8, 4) is 0 Å². The Balaban J connectivity index is 1.77. The van der Waals surface area contributed by atoms with Crippen LogP contribution in [-0.2, 0) is 4.79 Å². The monoisotopic (exact) mass is 260 g/mol. The third-order valence-corrected chi connectivity index (χ3v) is 3.69. The van der Waals surface area contributed by atoms with Gasteiger partial charge in [0.1, 0.15) is 5.52 Å².